The normalized spacial score (nSPS) is 12.3. The Kier molecular flexibility index (Phi) is 7.90. The minimum atomic E-state index is -4.02. The van der Waals surface area contributed by atoms with Gasteiger partial charge >= 0.3 is 0 Å². The van der Waals surface area contributed by atoms with Crippen LogP contribution in [0.25, 0.3) is 0 Å². The highest BCUT2D eigenvalue weighted by molar-refractivity contribution is 7.92. The predicted octanol–water partition coefficient (Wildman–Crippen LogP) is 3.98. The number of halogens is 1. The van der Waals surface area contributed by atoms with Gasteiger partial charge in [-0.15, -0.1) is 0 Å². The first-order valence-electron chi connectivity index (χ1n) is 10.6. The van der Waals surface area contributed by atoms with E-state index >= 15 is 0 Å². The zero-order valence-electron chi connectivity index (χ0n) is 19.5. The number of anilines is 1. The third kappa shape index (κ3) is 6.12. The molecule has 3 aromatic carbocycles. The van der Waals surface area contributed by atoms with Crippen LogP contribution in [0.2, 0.25) is 0 Å². The molecule has 0 radical (unpaired) electrons. The topological polar surface area (TPSA) is 87.7 Å². The third-order valence-corrected chi connectivity index (χ3v) is 6.73. The van der Waals surface area contributed by atoms with Crippen LogP contribution in [-0.2, 0) is 10.0 Å². The van der Waals surface area contributed by atoms with Crippen LogP contribution in [0, 0.1) is 12.7 Å². The molecular weight excluding hydrogens is 457 g/mol. The van der Waals surface area contributed by atoms with Gasteiger partial charge < -0.3 is 15.0 Å². The molecule has 7 nitrogen and oxygen atoms in total. The number of carbonyl (C=O) groups is 1. The number of ether oxygens (including phenoxy) is 1. The van der Waals surface area contributed by atoms with Gasteiger partial charge in [-0.25, -0.2) is 12.8 Å². The Hall–Kier alpha value is -3.43. The number of aryl methyl sites for hydroxylation is 1. The van der Waals surface area contributed by atoms with E-state index in [1.54, 1.807) is 36.4 Å². The van der Waals surface area contributed by atoms with Crippen molar-refractivity contribution in [2.75, 3.05) is 32.5 Å². The number of sulfonamides is 1. The molecule has 0 saturated heterocycles. The molecule has 3 rings (SSSR count). The SMILES string of the molecule is COc1ccc(C(=O)NC[C@H](c2cccc(F)c2)N(C)C)cc1S(=O)(=O)Nc1ccc(C)cc1. The van der Waals surface area contributed by atoms with Gasteiger partial charge in [0.15, 0.2) is 0 Å². The summed E-state index contributed by atoms with van der Waals surface area (Å²) >= 11 is 0. The smallest absolute Gasteiger partial charge is 0.265 e. The Balaban J connectivity index is 1.82. The number of nitrogens with one attached hydrogen (secondary N) is 2. The van der Waals surface area contributed by atoms with Crippen LogP contribution in [-0.4, -0.2) is 47.0 Å². The zero-order valence-corrected chi connectivity index (χ0v) is 20.3. The zero-order chi connectivity index (χ0) is 24.9. The quantitative estimate of drug-likeness (QED) is 0.479. The standard InChI is InChI=1S/C25H28FN3O4S/c1-17-8-11-21(12-9-17)28-34(31,32)24-15-19(10-13-23(24)33-4)25(30)27-16-22(29(2)3)18-6-5-7-20(26)14-18/h5-15,22,28H,16H2,1-4H3,(H,27,30)/t22-/m1/s1. The van der Waals surface area contributed by atoms with Crippen molar-refractivity contribution in [3.8, 4) is 5.75 Å². The molecule has 0 spiro atoms. The molecule has 3 aromatic rings. The maximum absolute atomic E-state index is 13.7. The van der Waals surface area contributed by atoms with E-state index in [0.717, 1.165) is 5.56 Å². The van der Waals surface area contributed by atoms with Crippen LogP contribution in [0.4, 0.5) is 10.1 Å². The Bertz CT molecular complexity index is 1260. The van der Waals surface area contributed by atoms with Crippen molar-refractivity contribution in [3.63, 3.8) is 0 Å². The maximum atomic E-state index is 13.7. The molecule has 180 valence electrons. The number of hydrogen-bond donors (Lipinski definition) is 2. The summed E-state index contributed by atoms with van der Waals surface area (Å²) in [5, 5.41) is 2.81. The van der Waals surface area contributed by atoms with Gasteiger partial charge in [0.05, 0.1) is 13.2 Å². The third-order valence-electron chi connectivity index (χ3n) is 5.33. The van der Waals surface area contributed by atoms with Crippen LogP contribution < -0.4 is 14.8 Å². The largest absolute Gasteiger partial charge is 0.495 e. The van der Waals surface area contributed by atoms with E-state index in [2.05, 4.69) is 10.0 Å². The molecular formula is C25H28FN3O4S. The van der Waals surface area contributed by atoms with Gasteiger partial charge in [0.2, 0.25) is 0 Å². The molecule has 34 heavy (non-hydrogen) atoms. The highest BCUT2D eigenvalue weighted by Crippen LogP contribution is 2.27. The van der Waals surface area contributed by atoms with Gasteiger partial charge in [-0.1, -0.05) is 29.8 Å². The van der Waals surface area contributed by atoms with Gasteiger partial charge in [0.25, 0.3) is 15.9 Å². The first kappa shape index (κ1) is 25.2. The van der Waals surface area contributed by atoms with Gasteiger partial charge in [-0.05, 0) is 69.0 Å². The van der Waals surface area contributed by atoms with Crippen LogP contribution >= 0.6 is 0 Å². The van der Waals surface area contributed by atoms with Crippen LogP contribution in [0.5, 0.6) is 5.75 Å². The average molecular weight is 486 g/mol. The Morgan fingerprint density at radius 2 is 1.76 bits per heavy atom. The van der Waals surface area contributed by atoms with Crippen LogP contribution in [0.1, 0.15) is 27.5 Å². The number of nitrogens with zero attached hydrogens (tertiary/aromatic N) is 1. The fourth-order valence-corrected chi connectivity index (χ4v) is 4.72. The van der Waals surface area contributed by atoms with E-state index in [0.29, 0.717) is 11.3 Å². The Morgan fingerprint density at radius 1 is 1.06 bits per heavy atom. The second-order valence-corrected chi connectivity index (χ2v) is 9.73. The van der Waals surface area contributed by atoms with E-state index in [1.807, 2.05) is 25.9 Å². The predicted molar refractivity (Wildman–Crippen MR) is 130 cm³/mol. The van der Waals surface area contributed by atoms with Gasteiger partial charge in [0.1, 0.15) is 16.5 Å². The maximum Gasteiger partial charge on any atom is 0.265 e. The van der Waals surface area contributed by atoms with E-state index in [1.165, 1.54) is 37.4 Å². The summed E-state index contributed by atoms with van der Waals surface area (Å²) in [5.74, 6) is -0.707. The minimum Gasteiger partial charge on any atom is -0.495 e. The molecule has 0 bridgehead atoms. The molecule has 2 N–H and O–H groups in total. The number of methoxy groups -OCH3 is 1. The van der Waals surface area contributed by atoms with E-state index in [4.69, 9.17) is 4.74 Å². The number of amides is 1. The number of likely N-dealkylation sites (N-methyl/N-ethyl adjacent to an activating group) is 1. The lowest BCUT2D eigenvalue weighted by Gasteiger charge is -2.25. The van der Waals surface area contributed by atoms with Gasteiger partial charge in [-0.3, -0.25) is 9.52 Å². The lowest BCUT2D eigenvalue weighted by molar-refractivity contribution is 0.0941. The lowest BCUT2D eigenvalue weighted by Crippen LogP contribution is -2.34. The van der Waals surface area contributed by atoms with Gasteiger partial charge in [-0.2, -0.15) is 0 Å². The summed E-state index contributed by atoms with van der Waals surface area (Å²) in [6, 6.07) is 17.0. The summed E-state index contributed by atoms with van der Waals surface area (Å²) in [5.41, 5.74) is 2.26. The summed E-state index contributed by atoms with van der Waals surface area (Å²) in [6.45, 7) is 2.10. The molecule has 0 heterocycles. The summed E-state index contributed by atoms with van der Waals surface area (Å²) in [4.78, 5) is 14.6. The van der Waals surface area contributed by atoms with Crippen molar-refractivity contribution in [3.05, 3.63) is 89.2 Å². The fraction of sp³-hybridized carbons (Fsp3) is 0.240. The second-order valence-electron chi connectivity index (χ2n) is 8.08. The average Bonchev–Trinajstić information content (AvgIpc) is 2.80. The Labute approximate surface area is 199 Å². The number of hydrogen-bond acceptors (Lipinski definition) is 5. The first-order valence-corrected chi connectivity index (χ1v) is 12.1. The van der Waals surface area contributed by atoms with Crippen molar-refractivity contribution < 1.29 is 22.3 Å². The van der Waals surface area contributed by atoms with Crippen molar-refractivity contribution >= 4 is 21.6 Å². The molecule has 0 fully saturated rings. The van der Waals surface area contributed by atoms with E-state index in [-0.39, 0.29) is 34.6 Å². The first-order chi connectivity index (χ1) is 16.1. The van der Waals surface area contributed by atoms with Crippen molar-refractivity contribution in [2.45, 2.75) is 17.9 Å². The van der Waals surface area contributed by atoms with Crippen molar-refractivity contribution in [1.29, 1.82) is 0 Å². The molecule has 0 aliphatic rings. The number of rotatable bonds is 9. The lowest BCUT2D eigenvalue weighted by atomic mass is 10.1. The summed E-state index contributed by atoms with van der Waals surface area (Å²) < 4.78 is 47.5. The fourth-order valence-electron chi connectivity index (χ4n) is 3.46. The van der Waals surface area contributed by atoms with Crippen molar-refractivity contribution in [1.82, 2.24) is 10.2 Å². The molecule has 0 aliphatic heterocycles. The number of benzene rings is 3. The van der Waals surface area contributed by atoms with E-state index in [9.17, 15) is 17.6 Å². The Morgan fingerprint density at radius 3 is 2.38 bits per heavy atom. The molecule has 0 aliphatic carbocycles. The molecule has 1 amide bonds. The molecule has 0 unspecified atom stereocenters. The molecule has 0 saturated carbocycles. The van der Waals surface area contributed by atoms with E-state index < -0.39 is 15.9 Å². The highest BCUT2D eigenvalue weighted by Gasteiger charge is 2.23. The second kappa shape index (κ2) is 10.7. The number of carbonyl (C=O) groups excluding carboxylic acids is 1. The van der Waals surface area contributed by atoms with Crippen LogP contribution in [0.15, 0.2) is 71.6 Å². The summed E-state index contributed by atoms with van der Waals surface area (Å²) in [6.07, 6.45) is 0. The van der Waals surface area contributed by atoms with Gasteiger partial charge in [0, 0.05) is 17.8 Å². The summed E-state index contributed by atoms with van der Waals surface area (Å²) in [7, 11) is 0.999. The van der Waals surface area contributed by atoms with Crippen molar-refractivity contribution in [2.24, 2.45) is 0 Å². The molecule has 0 aromatic heterocycles. The molecule has 1 atom stereocenters. The van der Waals surface area contributed by atoms with Crippen LogP contribution in [0.3, 0.4) is 0 Å². The monoisotopic (exact) mass is 485 g/mol. The minimum absolute atomic E-state index is 0.113. The molecule has 9 heteroatoms. The highest BCUT2D eigenvalue weighted by atomic mass is 32.2.